The van der Waals surface area contributed by atoms with E-state index >= 15 is 0 Å². The summed E-state index contributed by atoms with van der Waals surface area (Å²) in [7, 11) is 2.66. The van der Waals surface area contributed by atoms with Crippen LogP contribution in [-0.2, 0) is 19.1 Å². The number of allylic oxidation sites excluding steroid dienone is 4. The molecule has 2 atom stereocenters. The van der Waals surface area contributed by atoms with Crippen molar-refractivity contribution in [1.29, 1.82) is 0 Å². The molecule has 0 saturated heterocycles. The van der Waals surface area contributed by atoms with Crippen LogP contribution in [0.25, 0.3) is 0 Å². The molecule has 1 N–H and O–H groups in total. The Morgan fingerprint density at radius 3 is 2.54 bits per heavy atom. The lowest BCUT2D eigenvalue weighted by Gasteiger charge is -2.25. The molecule has 0 aromatic heterocycles. The number of ether oxygens (including phenoxy) is 2. The van der Waals surface area contributed by atoms with E-state index in [0.717, 1.165) is 12.8 Å². The standard InChI is InChI=1S/C21H34O5/c1-4-5-6-7-9-12-17-14-15-19(22)18(17)13-10-8-11-16-21(25-2,26-3)20(23)24/h8-10,12,17-18H,4-7,11,13-16H2,1-3H3,(H,23,24)/b10-8-,12-9+/t17-,18+/m0/s1. The first-order valence-corrected chi connectivity index (χ1v) is 9.68. The second-order valence-electron chi connectivity index (χ2n) is 6.91. The molecule has 0 bridgehead atoms. The van der Waals surface area contributed by atoms with Gasteiger partial charge in [0.15, 0.2) is 0 Å². The fourth-order valence-corrected chi connectivity index (χ4v) is 3.46. The monoisotopic (exact) mass is 366 g/mol. The summed E-state index contributed by atoms with van der Waals surface area (Å²) in [5, 5.41) is 9.23. The van der Waals surface area contributed by atoms with E-state index in [9.17, 15) is 14.7 Å². The third-order valence-corrected chi connectivity index (χ3v) is 5.19. The second kappa shape index (κ2) is 12.0. The van der Waals surface area contributed by atoms with Crippen molar-refractivity contribution in [1.82, 2.24) is 0 Å². The van der Waals surface area contributed by atoms with Crippen LogP contribution in [0.5, 0.6) is 0 Å². The summed E-state index contributed by atoms with van der Waals surface area (Å²) in [5.41, 5.74) is 0. The van der Waals surface area contributed by atoms with Crippen LogP contribution in [0.2, 0.25) is 0 Å². The third-order valence-electron chi connectivity index (χ3n) is 5.19. The lowest BCUT2D eigenvalue weighted by atomic mass is 9.91. The van der Waals surface area contributed by atoms with Crippen LogP contribution in [0.3, 0.4) is 0 Å². The Kier molecular flexibility index (Phi) is 10.4. The average molecular weight is 366 g/mol. The normalized spacial score (nSPS) is 21.3. The van der Waals surface area contributed by atoms with E-state index in [1.807, 2.05) is 12.2 Å². The fraction of sp³-hybridized carbons (Fsp3) is 0.714. The van der Waals surface area contributed by atoms with Gasteiger partial charge in [-0.25, -0.2) is 4.79 Å². The van der Waals surface area contributed by atoms with Crippen LogP contribution < -0.4 is 0 Å². The van der Waals surface area contributed by atoms with Gasteiger partial charge in [-0.05, 0) is 38.0 Å². The van der Waals surface area contributed by atoms with Crippen molar-refractivity contribution >= 4 is 11.8 Å². The average Bonchev–Trinajstić information content (AvgIpc) is 2.98. The highest BCUT2D eigenvalue weighted by atomic mass is 16.7. The Labute approximate surface area is 157 Å². The van der Waals surface area contributed by atoms with E-state index < -0.39 is 11.8 Å². The number of carbonyl (C=O) groups excluding carboxylic acids is 1. The number of carboxylic acids is 1. The molecule has 26 heavy (non-hydrogen) atoms. The first kappa shape index (κ1) is 22.6. The molecule has 0 aromatic rings. The minimum Gasteiger partial charge on any atom is -0.477 e. The molecule has 0 unspecified atom stereocenters. The van der Waals surface area contributed by atoms with Gasteiger partial charge in [-0.15, -0.1) is 0 Å². The summed E-state index contributed by atoms with van der Waals surface area (Å²) >= 11 is 0. The quantitative estimate of drug-likeness (QED) is 0.295. The van der Waals surface area contributed by atoms with Crippen molar-refractivity contribution in [2.75, 3.05) is 14.2 Å². The Hall–Kier alpha value is -1.46. The van der Waals surface area contributed by atoms with Gasteiger partial charge in [0.25, 0.3) is 5.79 Å². The smallest absolute Gasteiger partial charge is 0.364 e. The number of carboxylic acid groups (broad SMARTS) is 1. The van der Waals surface area contributed by atoms with Gasteiger partial charge in [-0.3, -0.25) is 4.79 Å². The number of methoxy groups -OCH3 is 2. The third kappa shape index (κ3) is 6.69. The first-order chi connectivity index (χ1) is 12.5. The highest BCUT2D eigenvalue weighted by molar-refractivity contribution is 5.83. The van der Waals surface area contributed by atoms with Crippen LogP contribution in [-0.4, -0.2) is 36.9 Å². The molecule has 5 nitrogen and oxygen atoms in total. The number of aliphatic carboxylic acids is 1. The maximum atomic E-state index is 12.1. The lowest BCUT2D eigenvalue weighted by Crippen LogP contribution is -2.42. The van der Waals surface area contributed by atoms with Crippen LogP contribution in [0.4, 0.5) is 0 Å². The zero-order valence-electron chi connectivity index (χ0n) is 16.4. The molecule has 0 amide bonds. The number of hydrogen-bond donors (Lipinski definition) is 1. The van der Waals surface area contributed by atoms with Gasteiger partial charge in [0, 0.05) is 33.0 Å². The zero-order valence-corrected chi connectivity index (χ0v) is 16.4. The number of rotatable bonds is 13. The van der Waals surface area contributed by atoms with Crippen LogP contribution in [0, 0.1) is 11.8 Å². The van der Waals surface area contributed by atoms with Crippen LogP contribution in [0.1, 0.15) is 64.7 Å². The van der Waals surface area contributed by atoms with Crippen molar-refractivity contribution < 1.29 is 24.2 Å². The predicted octanol–water partition coefficient (Wildman–Crippen LogP) is 4.52. The largest absolute Gasteiger partial charge is 0.477 e. The fourth-order valence-electron chi connectivity index (χ4n) is 3.46. The Bertz CT molecular complexity index is 491. The molecular formula is C21H34O5. The number of Topliss-reactive ketones (excluding diaryl/α,β-unsaturated/α-hetero) is 1. The summed E-state index contributed by atoms with van der Waals surface area (Å²) in [6.07, 6.45) is 16.2. The maximum Gasteiger partial charge on any atom is 0.364 e. The van der Waals surface area contributed by atoms with Crippen molar-refractivity contribution in [3.63, 3.8) is 0 Å². The summed E-state index contributed by atoms with van der Waals surface area (Å²) < 4.78 is 10.0. The van der Waals surface area contributed by atoms with Gasteiger partial charge < -0.3 is 14.6 Å². The minimum absolute atomic E-state index is 0.0581. The molecule has 1 aliphatic rings. The van der Waals surface area contributed by atoms with Crippen molar-refractivity contribution in [2.24, 2.45) is 11.8 Å². The number of hydrogen-bond acceptors (Lipinski definition) is 4. The molecule has 1 aliphatic carbocycles. The van der Waals surface area contributed by atoms with Crippen molar-refractivity contribution in [3.8, 4) is 0 Å². The van der Waals surface area contributed by atoms with Crippen LogP contribution in [0.15, 0.2) is 24.3 Å². The first-order valence-electron chi connectivity index (χ1n) is 9.68. The Balaban J connectivity index is 2.46. The van der Waals surface area contributed by atoms with E-state index in [0.29, 0.717) is 31.0 Å². The SMILES string of the molecule is CCCCC/C=C/[C@H]1CCC(=O)[C@@H]1C/C=C\CCC(OC)(OC)C(=O)O. The van der Waals surface area contributed by atoms with Gasteiger partial charge in [0.2, 0.25) is 0 Å². The molecule has 0 spiro atoms. The Morgan fingerprint density at radius 1 is 1.19 bits per heavy atom. The molecule has 1 rings (SSSR count). The van der Waals surface area contributed by atoms with Gasteiger partial charge in [-0.1, -0.05) is 44.1 Å². The minimum atomic E-state index is -1.60. The van der Waals surface area contributed by atoms with Gasteiger partial charge in [0.05, 0.1) is 0 Å². The molecular weight excluding hydrogens is 332 g/mol. The van der Waals surface area contributed by atoms with E-state index in [-0.39, 0.29) is 12.3 Å². The molecule has 5 heteroatoms. The highest BCUT2D eigenvalue weighted by Gasteiger charge is 2.38. The number of unbranched alkanes of at least 4 members (excludes halogenated alkanes) is 3. The lowest BCUT2D eigenvalue weighted by molar-refractivity contribution is -0.227. The molecule has 0 heterocycles. The molecule has 0 aromatic carbocycles. The molecule has 148 valence electrons. The van der Waals surface area contributed by atoms with Gasteiger partial charge in [0.1, 0.15) is 5.78 Å². The summed E-state index contributed by atoms with van der Waals surface area (Å²) in [6, 6.07) is 0. The summed E-state index contributed by atoms with van der Waals surface area (Å²) in [6.45, 7) is 2.20. The highest BCUT2D eigenvalue weighted by Crippen LogP contribution is 2.33. The number of ketones is 1. The predicted molar refractivity (Wildman–Crippen MR) is 102 cm³/mol. The molecule has 1 fully saturated rings. The zero-order chi connectivity index (χ0) is 19.4. The van der Waals surface area contributed by atoms with Crippen molar-refractivity contribution in [2.45, 2.75) is 70.5 Å². The van der Waals surface area contributed by atoms with E-state index in [1.165, 1.54) is 33.5 Å². The summed E-state index contributed by atoms with van der Waals surface area (Å²) in [5.74, 6) is -1.99. The van der Waals surface area contributed by atoms with E-state index in [1.54, 1.807) is 0 Å². The van der Waals surface area contributed by atoms with E-state index in [2.05, 4.69) is 19.1 Å². The maximum absolute atomic E-state index is 12.1. The molecule has 0 radical (unpaired) electrons. The topological polar surface area (TPSA) is 72.8 Å². The number of carbonyl (C=O) groups is 2. The van der Waals surface area contributed by atoms with E-state index in [4.69, 9.17) is 9.47 Å². The second-order valence-corrected chi connectivity index (χ2v) is 6.91. The van der Waals surface area contributed by atoms with Gasteiger partial charge in [-0.2, -0.15) is 0 Å². The van der Waals surface area contributed by atoms with Crippen molar-refractivity contribution in [3.05, 3.63) is 24.3 Å². The summed E-state index contributed by atoms with van der Waals surface area (Å²) in [4.78, 5) is 23.4. The van der Waals surface area contributed by atoms with Crippen LogP contribution >= 0.6 is 0 Å². The Morgan fingerprint density at radius 2 is 1.92 bits per heavy atom. The molecule has 1 saturated carbocycles. The molecule has 0 aliphatic heterocycles. The van der Waals surface area contributed by atoms with Gasteiger partial charge >= 0.3 is 5.97 Å².